The van der Waals surface area contributed by atoms with E-state index in [4.69, 9.17) is 10.5 Å². The number of hydrogen-bond donors (Lipinski definition) is 2. The molecule has 1 aromatic heterocycles. The first-order chi connectivity index (χ1) is 9.00. The number of ether oxygens (including phenoxy) is 1. The molecule has 106 valence electrons. The first-order valence-corrected chi connectivity index (χ1v) is 5.88. The molecule has 0 saturated carbocycles. The number of pyridine rings is 1. The summed E-state index contributed by atoms with van der Waals surface area (Å²) in [5, 5.41) is 13.6. The van der Waals surface area contributed by atoms with Gasteiger partial charge in [0.2, 0.25) is 5.82 Å². The van der Waals surface area contributed by atoms with Crippen LogP contribution in [0.25, 0.3) is 0 Å². The molecular formula is C11H19N5O3. The number of nitrogens with one attached hydrogen (secondary N) is 1. The molecule has 19 heavy (non-hydrogen) atoms. The van der Waals surface area contributed by atoms with Crippen molar-refractivity contribution >= 4 is 17.3 Å². The molecule has 0 radical (unpaired) electrons. The first kappa shape index (κ1) is 15.1. The minimum atomic E-state index is -0.498. The lowest BCUT2D eigenvalue weighted by Gasteiger charge is -2.10. The standard InChI is InChI=1S/C11H19N5O3/c1-15(2)6-8-19-7-5-13-11-9(16(17)18)3-4-10(12)14-11/h3-4H,5-8H2,1-2H3,(H3,12,13,14). The molecule has 0 fully saturated rings. The number of rotatable bonds is 8. The van der Waals surface area contributed by atoms with E-state index in [-0.39, 0.29) is 17.3 Å². The van der Waals surface area contributed by atoms with Crippen LogP contribution in [0.1, 0.15) is 0 Å². The van der Waals surface area contributed by atoms with Gasteiger partial charge in [-0.2, -0.15) is 0 Å². The van der Waals surface area contributed by atoms with Gasteiger partial charge in [-0.25, -0.2) is 4.98 Å². The van der Waals surface area contributed by atoms with Gasteiger partial charge < -0.3 is 20.7 Å². The summed E-state index contributed by atoms with van der Waals surface area (Å²) in [6, 6.07) is 2.73. The summed E-state index contributed by atoms with van der Waals surface area (Å²) in [6.45, 7) is 2.32. The van der Waals surface area contributed by atoms with E-state index in [9.17, 15) is 10.1 Å². The second-order valence-electron chi connectivity index (χ2n) is 4.20. The van der Waals surface area contributed by atoms with E-state index >= 15 is 0 Å². The molecule has 0 spiro atoms. The average molecular weight is 269 g/mol. The second-order valence-corrected chi connectivity index (χ2v) is 4.20. The molecule has 0 aliphatic rings. The van der Waals surface area contributed by atoms with Gasteiger partial charge in [0.1, 0.15) is 5.82 Å². The highest BCUT2D eigenvalue weighted by atomic mass is 16.6. The molecule has 1 rings (SSSR count). The van der Waals surface area contributed by atoms with Crippen LogP contribution >= 0.6 is 0 Å². The quantitative estimate of drug-likeness (QED) is 0.403. The van der Waals surface area contributed by atoms with Crippen LogP contribution in [0, 0.1) is 10.1 Å². The third-order valence-electron chi connectivity index (χ3n) is 2.31. The summed E-state index contributed by atoms with van der Waals surface area (Å²) in [5.74, 6) is 0.405. The molecule has 0 saturated heterocycles. The Hall–Kier alpha value is -1.93. The lowest BCUT2D eigenvalue weighted by molar-refractivity contribution is -0.384. The van der Waals surface area contributed by atoms with Crippen LogP contribution in [-0.4, -0.2) is 55.2 Å². The Labute approximate surface area is 111 Å². The number of aromatic nitrogens is 1. The summed E-state index contributed by atoms with van der Waals surface area (Å²) >= 11 is 0. The van der Waals surface area contributed by atoms with Crippen LogP contribution in [0.3, 0.4) is 0 Å². The smallest absolute Gasteiger partial charge is 0.311 e. The first-order valence-electron chi connectivity index (χ1n) is 5.88. The number of nitrogens with zero attached hydrogens (tertiary/aromatic N) is 3. The van der Waals surface area contributed by atoms with Crippen LogP contribution in [0.4, 0.5) is 17.3 Å². The zero-order valence-corrected chi connectivity index (χ0v) is 11.1. The lowest BCUT2D eigenvalue weighted by atomic mass is 10.3. The van der Waals surface area contributed by atoms with Gasteiger partial charge in [-0.05, 0) is 20.2 Å². The fraction of sp³-hybridized carbons (Fsp3) is 0.545. The highest BCUT2D eigenvalue weighted by Crippen LogP contribution is 2.22. The lowest BCUT2D eigenvalue weighted by Crippen LogP contribution is -2.20. The minimum absolute atomic E-state index is 0.0949. The maximum Gasteiger partial charge on any atom is 0.311 e. The van der Waals surface area contributed by atoms with Gasteiger partial charge in [-0.3, -0.25) is 10.1 Å². The van der Waals surface area contributed by atoms with Gasteiger partial charge >= 0.3 is 5.69 Å². The molecule has 0 bridgehead atoms. The van der Waals surface area contributed by atoms with Gasteiger partial charge in [0.05, 0.1) is 18.1 Å². The molecule has 8 heteroatoms. The largest absolute Gasteiger partial charge is 0.384 e. The zero-order chi connectivity index (χ0) is 14.3. The van der Waals surface area contributed by atoms with E-state index in [0.29, 0.717) is 19.8 Å². The zero-order valence-electron chi connectivity index (χ0n) is 11.1. The van der Waals surface area contributed by atoms with Gasteiger partial charge in [-0.1, -0.05) is 0 Å². The number of nitro groups is 1. The van der Waals surface area contributed by atoms with Crippen molar-refractivity contribution in [3.05, 3.63) is 22.2 Å². The minimum Gasteiger partial charge on any atom is -0.384 e. The van der Waals surface area contributed by atoms with E-state index < -0.39 is 4.92 Å². The van der Waals surface area contributed by atoms with Crippen LogP contribution in [0.5, 0.6) is 0 Å². The van der Waals surface area contributed by atoms with Crippen molar-refractivity contribution in [2.45, 2.75) is 0 Å². The van der Waals surface area contributed by atoms with Crippen molar-refractivity contribution in [3.63, 3.8) is 0 Å². The Balaban J connectivity index is 2.40. The topological polar surface area (TPSA) is 107 Å². The predicted molar refractivity (Wildman–Crippen MR) is 73.2 cm³/mol. The molecular weight excluding hydrogens is 250 g/mol. The van der Waals surface area contributed by atoms with Crippen molar-refractivity contribution in [1.29, 1.82) is 0 Å². The van der Waals surface area contributed by atoms with Crippen molar-refractivity contribution in [2.75, 3.05) is 51.4 Å². The highest BCUT2D eigenvalue weighted by Gasteiger charge is 2.14. The Bertz CT molecular complexity index is 425. The van der Waals surface area contributed by atoms with Crippen molar-refractivity contribution < 1.29 is 9.66 Å². The van der Waals surface area contributed by atoms with Crippen molar-refractivity contribution in [1.82, 2.24) is 9.88 Å². The van der Waals surface area contributed by atoms with Crippen molar-refractivity contribution in [2.24, 2.45) is 0 Å². The molecule has 1 heterocycles. The summed E-state index contributed by atoms with van der Waals surface area (Å²) in [6.07, 6.45) is 0. The third kappa shape index (κ3) is 5.49. The van der Waals surface area contributed by atoms with E-state index in [2.05, 4.69) is 10.3 Å². The highest BCUT2D eigenvalue weighted by molar-refractivity contribution is 5.59. The van der Waals surface area contributed by atoms with E-state index in [1.54, 1.807) is 0 Å². The summed E-state index contributed by atoms with van der Waals surface area (Å²) in [4.78, 5) is 16.2. The third-order valence-corrected chi connectivity index (χ3v) is 2.31. The molecule has 0 aromatic carbocycles. The summed E-state index contributed by atoms with van der Waals surface area (Å²) < 4.78 is 5.36. The van der Waals surface area contributed by atoms with E-state index in [1.165, 1.54) is 12.1 Å². The van der Waals surface area contributed by atoms with Gasteiger partial charge in [-0.15, -0.1) is 0 Å². The SMILES string of the molecule is CN(C)CCOCCNc1nc(N)ccc1[N+](=O)[O-]. The molecule has 0 aliphatic heterocycles. The van der Waals surface area contributed by atoms with Gasteiger partial charge in [0.25, 0.3) is 0 Å². The molecule has 8 nitrogen and oxygen atoms in total. The van der Waals surface area contributed by atoms with Crippen LogP contribution in [0.15, 0.2) is 12.1 Å². The van der Waals surface area contributed by atoms with Crippen LogP contribution in [0.2, 0.25) is 0 Å². The second kappa shape index (κ2) is 7.49. The molecule has 0 unspecified atom stereocenters. The Morgan fingerprint density at radius 2 is 2.21 bits per heavy atom. The fourth-order valence-corrected chi connectivity index (χ4v) is 1.34. The molecule has 3 N–H and O–H groups in total. The van der Waals surface area contributed by atoms with Gasteiger partial charge in [0.15, 0.2) is 0 Å². The van der Waals surface area contributed by atoms with Crippen LogP contribution in [-0.2, 0) is 4.74 Å². The van der Waals surface area contributed by atoms with Crippen molar-refractivity contribution in [3.8, 4) is 0 Å². The van der Waals surface area contributed by atoms with E-state index in [1.807, 2.05) is 19.0 Å². The maximum absolute atomic E-state index is 10.8. The van der Waals surface area contributed by atoms with Gasteiger partial charge in [0, 0.05) is 19.2 Å². The number of nitrogen functional groups attached to an aromatic ring is 1. The Kier molecular flexibility index (Phi) is 5.97. The number of hydrogen-bond acceptors (Lipinski definition) is 7. The molecule has 1 aromatic rings. The molecule has 0 amide bonds. The van der Waals surface area contributed by atoms with Crippen LogP contribution < -0.4 is 11.1 Å². The maximum atomic E-state index is 10.8. The predicted octanol–water partition coefficient (Wildman–Crippen LogP) is 0.562. The van der Waals surface area contributed by atoms with E-state index in [0.717, 1.165) is 6.54 Å². The number of nitrogens with two attached hydrogens (primary N) is 1. The molecule has 0 aliphatic carbocycles. The number of likely N-dealkylation sites (N-methyl/N-ethyl adjacent to an activating group) is 1. The summed E-state index contributed by atoms with van der Waals surface area (Å²) in [7, 11) is 3.92. The monoisotopic (exact) mass is 269 g/mol. The number of anilines is 2. The average Bonchev–Trinajstić information content (AvgIpc) is 2.33. The Morgan fingerprint density at radius 1 is 1.47 bits per heavy atom. The normalized spacial score (nSPS) is 10.7. The Morgan fingerprint density at radius 3 is 2.84 bits per heavy atom. The fourth-order valence-electron chi connectivity index (χ4n) is 1.34. The summed E-state index contributed by atoms with van der Waals surface area (Å²) in [5.41, 5.74) is 5.41. The molecule has 0 atom stereocenters.